The van der Waals surface area contributed by atoms with E-state index >= 15 is 0 Å². The first kappa shape index (κ1) is 14.6. The maximum atomic E-state index is 12.1. The van der Waals surface area contributed by atoms with Gasteiger partial charge in [-0.15, -0.1) is 0 Å². The molecule has 5 heteroatoms. The molecule has 0 heterocycles. The molecule has 3 N–H and O–H groups in total. The summed E-state index contributed by atoms with van der Waals surface area (Å²) < 4.78 is 24.2. The molecule has 0 amide bonds. The Labute approximate surface area is 119 Å². The highest BCUT2D eigenvalue weighted by atomic mass is 32.2. The van der Waals surface area contributed by atoms with Crippen LogP contribution in [0.25, 0.3) is 0 Å². The van der Waals surface area contributed by atoms with Gasteiger partial charge in [-0.25, -0.2) is 8.42 Å². The van der Waals surface area contributed by atoms with Gasteiger partial charge >= 0.3 is 0 Å². The van der Waals surface area contributed by atoms with Crippen LogP contribution in [0.15, 0.2) is 53.4 Å². The molecule has 2 aromatic rings. The van der Waals surface area contributed by atoms with Gasteiger partial charge in [0.05, 0.1) is 16.3 Å². The third-order valence-electron chi connectivity index (χ3n) is 3.04. The van der Waals surface area contributed by atoms with Crippen LogP contribution in [0.5, 0.6) is 0 Å². The second-order valence-corrected chi connectivity index (χ2v) is 6.68. The number of anilines is 2. The summed E-state index contributed by atoms with van der Waals surface area (Å²) in [4.78, 5) is 0.320. The largest absolute Gasteiger partial charge is 0.354 e. The molecule has 0 aliphatic heterocycles. The highest BCUT2D eigenvalue weighted by molar-refractivity contribution is 7.91. The zero-order valence-corrected chi connectivity index (χ0v) is 12.2. The molecule has 0 aliphatic rings. The first-order valence-electron chi connectivity index (χ1n) is 6.44. The van der Waals surface area contributed by atoms with E-state index in [2.05, 4.69) is 5.32 Å². The molecule has 2 rings (SSSR count). The number of para-hydroxylation sites is 1. The van der Waals surface area contributed by atoms with Crippen LogP contribution in [0.4, 0.5) is 11.4 Å². The van der Waals surface area contributed by atoms with Gasteiger partial charge in [0.1, 0.15) is 0 Å². The van der Waals surface area contributed by atoms with Gasteiger partial charge in [0, 0.05) is 12.2 Å². The van der Waals surface area contributed by atoms with E-state index < -0.39 is 9.84 Å². The van der Waals surface area contributed by atoms with Gasteiger partial charge in [-0.2, -0.15) is 0 Å². The van der Waals surface area contributed by atoms with E-state index in [-0.39, 0.29) is 5.75 Å². The molecular formula is C15H18N2O2S. The predicted molar refractivity (Wildman–Crippen MR) is 81.8 cm³/mol. The normalized spacial score (nSPS) is 11.3. The van der Waals surface area contributed by atoms with Crippen molar-refractivity contribution < 1.29 is 8.42 Å². The summed E-state index contributed by atoms with van der Waals surface area (Å²) in [5.41, 5.74) is 8.01. The summed E-state index contributed by atoms with van der Waals surface area (Å²) in [6.07, 6.45) is 0. The summed E-state index contributed by atoms with van der Waals surface area (Å²) >= 11 is 0. The zero-order valence-electron chi connectivity index (χ0n) is 11.3. The second kappa shape index (κ2) is 6.07. The standard InChI is InChI=1S/C15H18N2O2S/c1-2-20(18,19)15-9-4-3-8-14(15)17-13-7-5-6-12(10-13)11-16/h3-10,17H,2,11,16H2,1H3. The lowest BCUT2D eigenvalue weighted by Crippen LogP contribution is -2.07. The fraction of sp³-hybridized carbons (Fsp3) is 0.200. The Kier molecular flexibility index (Phi) is 4.42. The summed E-state index contributed by atoms with van der Waals surface area (Å²) in [7, 11) is -3.25. The van der Waals surface area contributed by atoms with Crippen molar-refractivity contribution in [3.8, 4) is 0 Å². The monoisotopic (exact) mass is 290 g/mol. The molecule has 0 saturated heterocycles. The minimum Gasteiger partial charge on any atom is -0.354 e. The number of hydrogen-bond acceptors (Lipinski definition) is 4. The Morgan fingerprint density at radius 1 is 1.10 bits per heavy atom. The van der Waals surface area contributed by atoms with Crippen molar-refractivity contribution in [2.45, 2.75) is 18.4 Å². The number of benzene rings is 2. The molecule has 2 aromatic carbocycles. The highest BCUT2D eigenvalue weighted by Crippen LogP contribution is 2.26. The van der Waals surface area contributed by atoms with Gasteiger partial charge in [-0.1, -0.05) is 31.2 Å². The van der Waals surface area contributed by atoms with E-state index in [1.54, 1.807) is 25.1 Å². The third-order valence-corrected chi connectivity index (χ3v) is 4.83. The third kappa shape index (κ3) is 3.18. The van der Waals surface area contributed by atoms with Gasteiger partial charge in [0.25, 0.3) is 0 Å². The van der Waals surface area contributed by atoms with Gasteiger partial charge in [-0.05, 0) is 29.8 Å². The Balaban J connectivity index is 2.39. The summed E-state index contributed by atoms with van der Waals surface area (Å²) in [5.74, 6) is 0.0779. The van der Waals surface area contributed by atoms with Gasteiger partial charge < -0.3 is 11.1 Å². The van der Waals surface area contributed by atoms with E-state index in [0.29, 0.717) is 17.1 Å². The fourth-order valence-corrected chi connectivity index (χ4v) is 2.98. The van der Waals surface area contributed by atoms with E-state index in [1.165, 1.54) is 0 Å². The van der Waals surface area contributed by atoms with Gasteiger partial charge in [-0.3, -0.25) is 0 Å². The van der Waals surface area contributed by atoms with Crippen LogP contribution in [0.2, 0.25) is 0 Å². The first-order chi connectivity index (χ1) is 9.56. The quantitative estimate of drug-likeness (QED) is 0.888. The van der Waals surface area contributed by atoms with E-state index in [1.807, 2.05) is 30.3 Å². The molecule has 4 nitrogen and oxygen atoms in total. The van der Waals surface area contributed by atoms with Gasteiger partial charge in [0.15, 0.2) is 9.84 Å². The van der Waals surface area contributed by atoms with E-state index in [4.69, 9.17) is 5.73 Å². The van der Waals surface area contributed by atoms with E-state index in [0.717, 1.165) is 11.3 Å². The second-order valence-electron chi connectivity index (χ2n) is 4.43. The molecular weight excluding hydrogens is 272 g/mol. The first-order valence-corrected chi connectivity index (χ1v) is 8.10. The van der Waals surface area contributed by atoms with E-state index in [9.17, 15) is 8.42 Å². The molecule has 0 bridgehead atoms. The summed E-state index contributed by atoms with van der Waals surface area (Å²) in [6.45, 7) is 2.09. The molecule has 0 radical (unpaired) electrons. The van der Waals surface area contributed by atoms with Crippen molar-refractivity contribution in [1.82, 2.24) is 0 Å². The molecule has 0 unspecified atom stereocenters. The van der Waals surface area contributed by atoms with Crippen molar-refractivity contribution in [2.75, 3.05) is 11.1 Å². The SMILES string of the molecule is CCS(=O)(=O)c1ccccc1Nc1cccc(CN)c1. The molecule has 0 saturated carbocycles. The van der Waals surface area contributed by atoms with Crippen molar-refractivity contribution >= 4 is 21.2 Å². The summed E-state index contributed by atoms with van der Waals surface area (Å²) in [6, 6.07) is 14.5. The van der Waals surface area contributed by atoms with Crippen LogP contribution in [-0.4, -0.2) is 14.2 Å². The number of hydrogen-bond donors (Lipinski definition) is 2. The highest BCUT2D eigenvalue weighted by Gasteiger charge is 2.15. The van der Waals surface area contributed by atoms with Crippen molar-refractivity contribution in [1.29, 1.82) is 0 Å². The molecule has 106 valence electrons. The van der Waals surface area contributed by atoms with Crippen molar-refractivity contribution in [2.24, 2.45) is 5.73 Å². The maximum absolute atomic E-state index is 12.1. The Morgan fingerprint density at radius 3 is 2.55 bits per heavy atom. The molecule has 20 heavy (non-hydrogen) atoms. The molecule has 0 fully saturated rings. The lowest BCUT2D eigenvalue weighted by Gasteiger charge is -2.12. The fourth-order valence-electron chi connectivity index (χ4n) is 1.93. The smallest absolute Gasteiger partial charge is 0.180 e. The van der Waals surface area contributed by atoms with Crippen LogP contribution in [0.1, 0.15) is 12.5 Å². The Bertz CT molecular complexity index is 697. The average Bonchev–Trinajstić information content (AvgIpc) is 2.48. The Hall–Kier alpha value is -1.85. The number of rotatable bonds is 5. The number of nitrogens with two attached hydrogens (primary N) is 1. The summed E-state index contributed by atoms with van der Waals surface area (Å²) in [5, 5.41) is 3.15. The molecule has 0 spiro atoms. The van der Waals surface area contributed by atoms with Crippen molar-refractivity contribution in [3.05, 3.63) is 54.1 Å². The lowest BCUT2D eigenvalue weighted by molar-refractivity contribution is 0.597. The average molecular weight is 290 g/mol. The van der Waals surface area contributed by atoms with Crippen LogP contribution >= 0.6 is 0 Å². The van der Waals surface area contributed by atoms with Crippen LogP contribution < -0.4 is 11.1 Å². The number of nitrogens with one attached hydrogen (secondary N) is 1. The topological polar surface area (TPSA) is 72.2 Å². The van der Waals surface area contributed by atoms with Crippen LogP contribution in [0.3, 0.4) is 0 Å². The zero-order chi connectivity index (χ0) is 14.6. The minimum atomic E-state index is -3.25. The van der Waals surface area contributed by atoms with Crippen LogP contribution in [-0.2, 0) is 16.4 Å². The lowest BCUT2D eigenvalue weighted by atomic mass is 10.2. The minimum absolute atomic E-state index is 0.0779. The maximum Gasteiger partial charge on any atom is 0.180 e. The number of sulfone groups is 1. The molecule has 0 aromatic heterocycles. The predicted octanol–water partition coefficient (Wildman–Crippen LogP) is 2.68. The Morgan fingerprint density at radius 2 is 1.85 bits per heavy atom. The molecule has 0 atom stereocenters. The van der Waals surface area contributed by atoms with Crippen LogP contribution in [0, 0.1) is 0 Å². The molecule has 0 aliphatic carbocycles. The van der Waals surface area contributed by atoms with Crippen molar-refractivity contribution in [3.63, 3.8) is 0 Å². The van der Waals surface area contributed by atoms with Gasteiger partial charge in [0.2, 0.25) is 0 Å².